The van der Waals surface area contributed by atoms with Crippen molar-refractivity contribution in [1.29, 1.82) is 0 Å². The summed E-state index contributed by atoms with van der Waals surface area (Å²) in [6.07, 6.45) is 46.1. The first kappa shape index (κ1) is 50.9. The van der Waals surface area contributed by atoms with Crippen molar-refractivity contribution in [2.75, 3.05) is 13.2 Å². The standard InChI is InChI=1S/C47H86O6/c1-4-7-10-13-16-18-20-21-22-23-24-25-26-28-29-31-34-37-40-46(49)52-43-44(42-51-45(48)39-36-33-15-12-9-6-3)53-47(50)41-38-35-32-30-27-19-17-14-11-8-5-2/h14,17,22-23,44H,4-13,15-16,18-21,24-43H2,1-3H3/b17-14-,23-22-. The number of ether oxygens (including phenoxy) is 3. The largest absolute Gasteiger partial charge is 0.462 e. The summed E-state index contributed by atoms with van der Waals surface area (Å²) in [5, 5.41) is 0. The van der Waals surface area contributed by atoms with Crippen LogP contribution in [0.1, 0.15) is 239 Å². The van der Waals surface area contributed by atoms with Gasteiger partial charge in [0.1, 0.15) is 13.2 Å². The minimum absolute atomic E-state index is 0.0750. The Kier molecular flexibility index (Phi) is 40.9. The Morgan fingerprint density at radius 1 is 0.358 bits per heavy atom. The molecule has 6 nitrogen and oxygen atoms in total. The van der Waals surface area contributed by atoms with Crippen LogP contribution in [0, 0.1) is 0 Å². The van der Waals surface area contributed by atoms with Crippen LogP contribution in [0.3, 0.4) is 0 Å². The van der Waals surface area contributed by atoms with Crippen LogP contribution in [0.4, 0.5) is 0 Å². The number of carbonyl (C=O) groups is 3. The van der Waals surface area contributed by atoms with Crippen LogP contribution < -0.4 is 0 Å². The third-order valence-electron chi connectivity index (χ3n) is 9.93. The van der Waals surface area contributed by atoms with Gasteiger partial charge in [-0.3, -0.25) is 14.4 Å². The van der Waals surface area contributed by atoms with Gasteiger partial charge in [-0.25, -0.2) is 0 Å². The Morgan fingerprint density at radius 2 is 0.642 bits per heavy atom. The van der Waals surface area contributed by atoms with Crippen molar-refractivity contribution < 1.29 is 28.6 Å². The van der Waals surface area contributed by atoms with Crippen molar-refractivity contribution in [3.63, 3.8) is 0 Å². The number of allylic oxidation sites excluding steroid dienone is 4. The molecule has 310 valence electrons. The van der Waals surface area contributed by atoms with Crippen LogP contribution in [-0.4, -0.2) is 37.2 Å². The lowest BCUT2D eigenvalue weighted by Gasteiger charge is -2.18. The van der Waals surface area contributed by atoms with E-state index in [1.165, 1.54) is 128 Å². The molecule has 6 heteroatoms. The van der Waals surface area contributed by atoms with Crippen molar-refractivity contribution in [2.24, 2.45) is 0 Å². The highest BCUT2D eigenvalue weighted by atomic mass is 16.6. The molecule has 0 spiro atoms. The molecule has 0 bridgehead atoms. The second-order valence-corrected chi connectivity index (χ2v) is 15.3. The molecule has 0 rings (SSSR count). The summed E-state index contributed by atoms with van der Waals surface area (Å²) in [6, 6.07) is 0. The molecule has 0 fully saturated rings. The Labute approximate surface area is 328 Å². The maximum absolute atomic E-state index is 12.6. The zero-order chi connectivity index (χ0) is 38.7. The van der Waals surface area contributed by atoms with Crippen molar-refractivity contribution in [1.82, 2.24) is 0 Å². The van der Waals surface area contributed by atoms with E-state index in [9.17, 15) is 14.4 Å². The van der Waals surface area contributed by atoms with Crippen LogP contribution in [-0.2, 0) is 28.6 Å². The number of hydrogen-bond donors (Lipinski definition) is 0. The molecule has 0 aromatic carbocycles. The van der Waals surface area contributed by atoms with E-state index in [4.69, 9.17) is 14.2 Å². The van der Waals surface area contributed by atoms with Crippen LogP contribution >= 0.6 is 0 Å². The van der Waals surface area contributed by atoms with Crippen molar-refractivity contribution >= 4 is 17.9 Å². The monoisotopic (exact) mass is 747 g/mol. The maximum atomic E-state index is 12.6. The molecule has 0 aliphatic heterocycles. The topological polar surface area (TPSA) is 78.9 Å². The van der Waals surface area contributed by atoms with E-state index < -0.39 is 6.10 Å². The molecule has 0 radical (unpaired) electrons. The molecule has 0 saturated heterocycles. The van der Waals surface area contributed by atoms with E-state index in [-0.39, 0.29) is 31.1 Å². The van der Waals surface area contributed by atoms with Crippen LogP contribution in [0.2, 0.25) is 0 Å². The Morgan fingerprint density at radius 3 is 1.00 bits per heavy atom. The summed E-state index contributed by atoms with van der Waals surface area (Å²) < 4.78 is 16.6. The van der Waals surface area contributed by atoms with Gasteiger partial charge in [-0.15, -0.1) is 0 Å². The smallest absolute Gasteiger partial charge is 0.306 e. The summed E-state index contributed by atoms with van der Waals surface area (Å²) in [5.74, 6) is -0.896. The minimum atomic E-state index is -0.769. The van der Waals surface area contributed by atoms with E-state index >= 15 is 0 Å². The molecular weight excluding hydrogens is 661 g/mol. The highest BCUT2D eigenvalue weighted by Gasteiger charge is 2.19. The van der Waals surface area contributed by atoms with Gasteiger partial charge >= 0.3 is 17.9 Å². The maximum Gasteiger partial charge on any atom is 0.306 e. The van der Waals surface area contributed by atoms with Gasteiger partial charge < -0.3 is 14.2 Å². The number of hydrogen-bond acceptors (Lipinski definition) is 6. The van der Waals surface area contributed by atoms with Gasteiger partial charge in [0.15, 0.2) is 6.10 Å². The number of unbranched alkanes of at least 4 members (excludes halogenated alkanes) is 26. The van der Waals surface area contributed by atoms with Crippen molar-refractivity contribution in [3.05, 3.63) is 24.3 Å². The van der Waals surface area contributed by atoms with E-state index in [1.54, 1.807) is 0 Å². The van der Waals surface area contributed by atoms with Gasteiger partial charge in [0, 0.05) is 19.3 Å². The first-order chi connectivity index (χ1) is 26.0. The highest BCUT2D eigenvalue weighted by molar-refractivity contribution is 5.71. The summed E-state index contributed by atoms with van der Waals surface area (Å²) in [6.45, 7) is 6.53. The molecule has 0 amide bonds. The molecule has 0 aliphatic rings. The molecule has 0 saturated carbocycles. The molecule has 0 aromatic rings. The summed E-state index contributed by atoms with van der Waals surface area (Å²) in [7, 11) is 0. The third-order valence-corrected chi connectivity index (χ3v) is 9.93. The molecule has 0 aliphatic carbocycles. The van der Waals surface area contributed by atoms with Gasteiger partial charge in [-0.2, -0.15) is 0 Å². The van der Waals surface area contributed by atoms with E-state index in [0.29, 0.717) is 19.3 Å². The first-order valence-electron chi connectivity index (χ1n) is 22.8. The molecule has 1 atom stereocenters. The van der Waals surface area contributed by atoms with Crippen LogP contribution in [0.25, 0.3) is 0 Å². The van der Waals surface area contributed by atoms with Crippen LogP contribution in [0.15, 0.2) is 24.3 Å². The Hall–Kier alpha value is -2.11. The molecular formula is C47H86O6. The van der Waals surface area contributed by atoms with Gasteiger partial charge in [0.05, 0.1) is 0 Å². The van der Waals surface area contributed by atoms with Gasteiger partial charge in [-0.05, 0) is 64.2 Å². The van der Waals surface area contributed by atoms with Crippen molar-refractivity contribution in [2.45, 2.75) is 245 Å². The normalized spacial score (nSPS) is 12.1. The molecule has 0 heterocycles. The molecule has 1 unspecified atom stereocenters. The predicted molar refractivity (Wildman–Crippen MR) is 224 cm³/mol. The van der Waals surface area contributed by atoms with E-state index in [0.717, 1.165) is 70.6 Å². The number of carbonyl (C=O) groups excluding carboxylic acids is 3. The lowest BCUT2D eigenvalue weighted by molar-refractivity contribution is -0.167. The molecule has 53 heavy (non-hydrogen) atoms. The zero-order valence-corrected chi connectivity index (χ0v) is 35.3. The second-order valence-electron chi connectivity index (χ2n) is 15.3. The van der Waals surface area contributed by atoms with Crippen molar-refractivity contribution in [3.8, 4) is 0 Å². The highest BCUT2D eigenvalue weighted by Crippen LogP contribution is 2.14. The Balaban J connectivity index is 4.21. The molecule has 0 aromatic heterocycles. The minimum Gasteiger partial charge on any atom is -0.462 e. The van der Waals surface area contributed by atoms with Gasteiger partial charge in [-0.1, -0.05) is 180 Å². The van der Waals surface area contributed by atoms with Gasteiger partial charge in [0.25, 0.3) is 0 Å². The van der Waals surface area contributed by atoms with Crippen LogP contribution in [0.5, 0.6) is 0 Å². The summed E-state index contributed by atoms with van der Waals surface area (Å²) in [4.78, 5) is 37.5. The molecule has 0 N–H and O–H groups in total. The van der Waals surface area contributed by atoms with E-state index in [1.807, 2.05) is 0 Å². The third kappa shape index (κ3) is 40.9. The lowest BCUT2D eigenvalue weighted by atomic mass is 10.1. The number of esters is 3. The lowest BCUT2D eigenvalue weighted by Crippen LogP contribution is -2.30. The SMILES string of the molecule is CCCC/C=C\CCCCCCCC(=O)OC(COC(=O)CCCCCCCC)COC(=O)CCCCCCCCC/C=C\CCCCCCCCC. The summed E-state index contributed by atoms with van der Waals surface area (Å²) >= 11 is 0. The number of rotatable bonds is 41. The zero-order valence-electron chi connectivity index (χ0n) is 35.3. The quantitative estimate of drug-likeness (QED) is 0.0268. The summed E-state index contributed by atoms with van der Waals surface area (Å²) in [5.41, 5.74) is 0. The van der Waals surface area contributed by atoms with E-state index in [2.05, 4.69) is 45.1 Å². The predicted octanol–water partition coefficient (Wildman–Crippen LogP) is 14.4. The average molecular weight is 747 g/mol. The second kappa shape index (κ2) is 42.6. The first-order valence-corrected chi connectivity index (χ1v) is 22.8. The Bertz CT molecular complexity index is 865. The van der Waals surface area contributed by atoms with Gasteiger partial charge in [0.2, 0.25) is 0 Å². The fraction of sp³-hybridized carbons (Fsp3) is 0.851. The fourth-order valence-electron chi connectivity index (χ4n) is 6.42. The average Bonchev–Trinajstić information content (AvgIpc) is 3.15. The fourth-order valence-corrected chi connectivity index (χ4v) is 6.42.